The van der Waals surface area contributed by atoms with Crippen LogP contribution in [-0.2, 0) is 16.5 Å². The Hall–Kier alpha value is -2.05. The molecule has 1 N–H and O–H groups in total. The molecule has 0 aliphatic carbocycles. The molecule has 0 amide bonds. The summed E-state index contributed by atoms with van der Waals surface area (Å²) < 4.78 is 39.8. The second-order valence-corrected chi connectivity index (χ2v) is 10.5. The molecule has 2 aromatic carbocycles. The lowest BCUT2D eigenvalue weighted by atomic mass is 10.0. The minimum absolute atomic E-state index is 0.149. The van der Waals surface area contributed by atoms with Crippen LogP contribution < -0.4 is 9.64 Å². The fourth-order valence-corrected chi connectivity index (χ4v) is 4.69. The van der Waals surface area contributed by atoms with Crippen molar-refractivity contribution in [1.82, 2.24) is 0 Å². The molecule has 0 aromatic heterocycles. The summed E-state index contributed by atoms with van der Waals surface area (Å²) in [5.74, 6) is 0.694. The molecule has 2 aromatic rings. The van der Waals surface area contributed by atoms with Crippen LogP contribution in [0.4, 0.5) is 5.69 Å². The summed E-state index contributed by atoms with van der Waals surface area (Å²) in [5.41, 5.74) is 2.03. The Morgan fingerprint density at radius 3 is 1.94 bits per heavy atom. The van der Waals surface area contributed by atoms with E-state index in [1.54, 1.807) is 12.1 Å². The van der Waals surface area contributed by atoms with Gasteiger partial charge in [0.15, 0.2) is 0 Å². The number of aryl methyl sites for hydroxylation is 1. The van der Waals surface area contributed by atoms with E-state index in [0.717, 1.165) is 69.3 Å². The van der Waals surface area contributed by atoms with Crippen LogP contribution in [0.15, 0.2) is 47.4 Å². The maximum absolute atomic E-state index is 12.1. The predicted molar refractivity (Wildman–Crippen MR) is 142 cm³/mol. The molecular weight excluding hydrogens is 446 g/mol. The van der Waals surface area contributed by atoms with E-state index in [0.29, 0.717) is 5.75 Å². The molecule has 6 heteroatoms. The van der Waals surface area contributed by atoms with Crippen LogP contribution >= 0.6 is 0 Å². The van der Waals surface area contributed by atoms with Crippen LogP contribution in [0.3, 0.4) is 0 Å². The van der Waals surface area contributed by atoms with Crippen LogP contribution in [0.1, 0.15) is 90.5 Å². The van der Waals surface area contributed by atoms with Crippen molar-refractivity contribution in [3.05, 3.63) is 48.0 Å². The molecule has 34 heavy (non-hydrogen) atoms. The first-order chi connectivity index (χ1) is 16.4. The summed E-state index contributed by atoms with van der Waals surface area (Å²) in [7, 11) is -4.39. The predicted octanol–water partition coefficient (Wildman–Crippen LogP) is 8.04. The van der Waals surface area contributed by atoms with Crippen molar-refractivity contribution in [2.24, 2.45) is 0 Å². The van der Waals surface area contributed by atoms with Crippen molar-refractivity contribution in [3.63, 3.8) is 0 Å². The Bertz CT molecular complexity index is 933. The van der Waals surface area contributed by atoms with Crippen molar-refractivity contribution in [2.45, 2.75) is 96.3 Å². The first kappa shape index (κ1) is 28.2. The summed E-state index contributed by atoms with van der Waals surface area (Å²) in [6, 6.07) is 12.8. The fraction of sp³-hybridized carbons (Fsp3) is 0.571. The average molecular weight is 490 g/mol. The lowest BCUT2D eigenvalue weighted by Crippen LogP contribution is -2.25. The zero-order chi connectivity index (χ0) is 24.8. The summed E-state index contributed by atoms with van der Waals surface area (Å²) >= 11 is 0. The second kappa shape index (κ2) is 15.0. The number of hydrogen-bond donors (Lipinski definition) is 1. The molecule has 0 unspecified atom stereocenters. The van der Waals surface area contributed by atoms with Crippen LogP contribution in [0.5, 0.6) is 11.5 Å². The van der Waals surface area contributed by atoms with Crippen LogP contribution in [0.25, 0.3) is 0 Å². The second-order valence-electron chi connectivity index (χ2n) is 9.06. The number of hydrogen-bond acceptors (Lipinski definition) is 4. The number of unbranched alkanes of at least 4 members (excludes halogenated alkanes) is 7. The molecule has 0 saturated carbocycles. The van der Waals surface area contributed by atoms with Crippen molar-refractivity contribution in [3.8, 4) is 11.5 Å². The highest BCUT2D eigenvalue weighted by atomic mass is 32.2. The minimum Gasteiger partial charge on any atom is -0.456 e. The van der Waals surface area contributed by atoms with E-state index in [1.807, 2.05) is 30.3 Å². The Morgan fingerprint density at radius 1 is 0.765 bits per heavy atom. The van der Waals surface area contributed by atoms with E-state index in [-0.39, 0.29) is 10.6 Å². The Balaban J connectivity index is 2.09. The summed E-state index contributed by atoms with van der Waals surface area (Å²) in [5, 5.41) is 0. The smallest absolute Gasteiger partial charge is 0.298 e. The summed E-state index contributed by atoms with van der Waals surface area (Å²) in [6.45, 7) is 8.62. The Labute approximate surface area is 207 Å². The van der Waals surface area contributed by atoms with Gasteiger partial charge in [-0.05, 0) is 67.6 Å². The first-order valence-electron chi connectivity index (χ1n) is 13.0. The molecule has 0 aliphatic rings. The molecule has 0 aliphatic heterocycles. The monoisotopic (exact) mass is 489 g/mol. The van der Waals surface area contributed by atoms with Gasteiger partial charge in [-0.2, -0.15) is 8.42 Å². The third-order valence-corrected chi connectivity index (χ3v) is 6.97. The largest absolute Gasteiger partial charge is 0.456 e. The fourth-order valence-electron chi connectivity index (χ4n) is 4.02. The molecule has 0 fully saturated rings. The van der Waals surface area contributed by atoms with Crippen molar-refractivity contribution in [1.29, 1.82) is 0 Å². The SMILES string of the molecule is CCCCCCCCc1ccc(Oc2ccc(N(CCCC)CCCC)cc2)c(S(=O)(=O)O)c1. The van der Waals surface area contributed by atoms with Gasteiger partial charge in [0.1, 0.15) is 16.4 Å². The zero-order valence-electron chi connectivity index (χ0n) is 21.3. The summed E-state index contributed by atoms with van der Waals surface area (Å²) in [6.07, 6.45) is 12.4. The van der Waals surface area contributed by atoms with E-state index in [9.17, 15) is 13.0 Å². The molecule has 5 nitrogen and oxygen atoms in total. The van der Waals surface area contributed by atoms with E-state index in [1.165, 1.54) is 25.7 Å². The zero-order valence-corrected chi connectivity index (χ0v) is 22.1. The number of ether oxygens (including phenoxy) is 1. The molecular formula is C28H43NO4S. The van der Waals surface area contributed by atoms with Gasteiger partial charge < -0.3 is 9.64 Å². The van der Waals surface area contributed by atoms with Gasteiger partial charge in [0.25, 0.3) is 10.1 Å². The first-order valence-corrected chi connectivity index (χ1v) is 14.5. The van der Waals surface area contributed by atoms with Crippen molar-refractivity contribution < 1.29 is 17.7 Å². The molecule has 0 heterocycles. The number of anilines is 1. The average Bonchev–Trinajstić information content (AvgIpc) is 2.82. The number of rotatable bonds is 17. The Morgan fingerprint density at radius 2 is 1.35 bits per heavy atom. The maximum Gasteiger partial charge on any atom is 0.298 e. The third-order valence-electron chi connectivity index (χ3n) is 6.10. The van der Waals surface area contributed by atoms with Gasteiger partial charge in [-0.1, -0.05) is 71.8 Å². The molecule has 0 spiro atoms. The molecule has 0 saturated heterocycles. The highest BCUT2D eigenvalue weighted by molar-refractivity contribution is 7.86. The summed E-state index contributed by atoms with van der Waals surface area (Å²) in [4.78, 5) is 2.21. The van der Waals surface area contributed by atoms with Gasteiger partial charge in [0.05, 0.1) is 0 Å². The quantitative estimate of drug-likeness (QED) is 0.180. The third kappa shape index (κ3) is 9.67. The van der Waals surface area contributed by atoms with Crippen molar-refractivity contribution >= 4 is 15.8 Å². The van der Waals surface area contributed by atoms with Gasteiger partial charge >= 0.3 is 0 Å². The molecule has 0 bridgehead atoms. The van der Waals surface area contributed by atoms with E-state index >= 15 is 0 Å². The van der Waals surface area contributed by atoms with Crippen molar-refractivity contribution in [2.75, 3.05) is 18.0 Å². The van der Waals surface area contributed by atoms with E-state index < -0.39 is 10.1 Å². The van der Waals surface area contributed by atoms with E-state index in [2.05, 4.69) is 25.7 Å². The minimum atomic E-state index is -4.39. The highest BCUT2D eigenvalue weighted by Crippen LogP contribution is 2.31. The molecule has 0 atom stereocenters. The van der Waals surface area contributed by atoms with Crippen LogP contribution in [0, 0.1) is 0 Å². The maximum atomic E-state index is 12.1. The molecule has 2 rings (SSSR count). The van der Waals surface area contributed by atoms with E-state index in [4.69, 9.17) is 4.74 Å². The van der Waals surface area contributed by atoms with Gasteiger partial charge in [-0.15, -0.1) is 0 Å². The van der Waals surface area contributed by atoms with Crippen LogP contribution in [0.2, 0.25) is 0 Å². The van der Waals surface area contributed by atoms with Gasteiger partial charge in [0.2, 0.25) is 0 Å². The molecule has 0 radical (unpaired) electrons. The molecule has 190 valence electrons. The van der Waals surface area contributed by atoms with Gasteiger partial charge in [-0.3, -0.25) is 4.55 Å². The normalized spacial score (nSPS) is 11.5. The lowest BCUT2D eigenvalue weighted by Gasteiger charge is -2.25. The lowest BCUT2D eigenvalue weighted by molar-refractivity contribution is 0.449. The van der Waals surface area contributed by atoms with Crippen LogP contribution in [-0.4, -0.2) is 26.1 Å². The van der Waals surface area contributed by atoms with Gasteiger partial charge in [-0.25, -0.2) is 0 Å². The number of benzene rings is 2. The number of nitrogens with zero attached hydrogens (tertiary/aromatic N) is 1. The standard InChI is InChI=1S/C28H43NO4S/c1-4-7-10-11-12-13-14-24-15-20-27(28(23-24)34(30,31)32)33-26-18-16-25(17-19-26)29(21-8-5-2)22-9-6-3/h15-20,23H,4-14,21-22H2,1-3H3,(H,30,31,32). The van der Waals surface area contributed by atoms with Gasteiger partial charge in [0, 0.05) is 18.8 Å². The Kier molecular flexibility index (Phi) is 12.5. The highest BCUT2D eigenvalue weighted by Gasteiger charge is 2.18. The topological polar surface area (TPSA) is 66.8 Å².